The number of aromatic nitrogens is 2. The first-order valence-corrected chi connectivity index (χ1v) is 8.05. The summed E-state index contributed by atoms with van der Waals surface area (Å²) in [6.07, 6.45) is 4.70. The smallest absolute Gasteiger partial charge is 0.225 e. The molecule has 5 heteroatoms. The zero-order valence-corrected chi connectivity index (χ0v) is 12.9. The SMILES string of the molecule is CCNC(=O)[C@@H]1CCN(c2nc(C)cc(C3CCC3)n2)C1. The maximum Gasteiger partial charge on any atom is 0.225 e. The lowest BCUT2D eigenvalue weighted by molar-refractivity contribution is -0.124. The Hall–Kier alpha value is -1.65. The van der Waals surface area contributed by atoms with Crippen molar-refractivity contribution in [3.8, 4) is 0 Å². The first-order valence-electron chi connectivity index (χ1n) is 8.05. The van der Waals surface area contributed by atoms with E-state index in [1.807, 2.05) is 13.8 Å². The molecule has 0 unspecified atom stereocenters. The van der Waals surface area contributed by atoms with E-state index in [4.69, 9.17) is 4.98 Å². The van der Waals surface area contributed by atoms with Crippen molar-refractivity contribution in [1.82, 2.24) is 15.3 Å². The molecule has 0 spiro atoms. The van der Waals surface area contributed by atoms with Gasteiger partial charge in [-0.15, -0.1) is 0 Å². The van der Waals surface area contributed by atoms with Crippen LogP contribution in [0.1, 0.15) is 49.9 Å². The third-order valence-electron chi connectivity index (χ3n) is 4.58. The van der Waals surface area contributed by atoms with Gasteiger partial charge in [0, 0.05) is 36.9 Å². The van der Waals surface area contributed by atoms with E-state index in [0.29, 0.717) is 12.5 Å². The van der Waals surface area contributed by atoms with Crippen LogP contribution in [0.15, 0.2) is 6.07 Å². The topological polar surface area (TPSA) is 58.1 Å². The van der Waals surface area contributed by atoms with E-state index in [1.54, 1.807) is 0 Å². The molecule has 1 N–H and O–H groups in total. The van der Waals surface area contributed by atoms with Crippen molar-refractivity contribution in [3.05, 3.63) is 17.5 Å². The normalized spacial score (nSPS) is 22.2. The lowest BCUT2D eigenvalue weighted by atomic mass is 9.83. The first-order chi connectivity index (χ1) is 10.2. The summed E-state index contributed by atoms with van der Waals surface area (Å²) >= 11 is 0. The maximum atomic E-state index is 11.9. The van der Waals surface area contributed by atoms with Crippen LogP contribution in [0.25, 0.3) is 0 Å². The Kier molecular flexibility index (Phi) is 4.08. The summed E-state index contributed by atoms with van der Waals surface area (Å²) in [4.78, 5) is 23.4. The lowest BCUT2D eigenvalue weighted by Gasteiger charge is -2.26. The van der Waals surface area contributed by atoms with Crippen LogP contribution in [0, 0.1) is 12.8 Å². The van der Waals surface area contributed by atoms with Gasteiger partial charge in [-0.2, -0.15) is 0 Å². The van der Waals surface area contributed by atoms with Gasteiger partial charge in [-0.3, -0.25) is 4.79 Å². The van der Waals surface area contributed by atoms with Crippen molar-refractivity contribution in [3.63, 3.8) is 0 Å². The van der Waals surface area contributed by atoms with Crippen LogP contribution in [0.4, 0.5) is 5.95 Å². The largest absolute Gasteiger partial charge is 0.356 e. The molecule has 2 aliphatic rings. The van der Waals surface area contributed by atoms with Crippen LogP contribution < -0.4 is 10.2 Å². The van der Waals surface area contributed by atoms with Gasteiger partial charge >= 0.3 is 0 Å². The van der Waals surface area contributed by atoms with Crippen molar-refractivity contribution >= 4 is 11.9 Å². The molecule has 114 valence electrons. The zero-order valence-electron chi connectivity index (χ0n) is 12.9. The molecule has 1 saturated heterocycles. The number of hydrogen-bond donors (Lipinski definition) is 1. The summed E-state index contributed by atoms with van der Waals surface area (Å²) in [5.41, 5.74) is 2.22. The van der Waals surface area contributed by atoms with E-state index in [2.05, 4.69) is 21.3 Å². The molecule has 2 heterocycles. The molecule has 1 aliphatic heterocycles. The van der Waals surface area contributed by atoms with Gasteiger partial charge in [0.25, 0.3) is 0 Å². The number of carbonyl (C=O) groups is 1. The molecule has 0 aromatic carbocycles. The minimum absolute atomic E-state index is 0.0706. The Labute approximate surface area is 126 Å². The third kappa shape index (κ3) is 3.01. The molecule has 1 aliphatic carbocycles. The average Bonchev–Trinajstić information content (AvgIpc) is 2.86. The number of nitrogens with one attached hydrogen (secondary N) is 1. The summed E-state index contributed by atoms with van der Waals surface area (Å²) in [5.74, 6) is 1.66. The van der Waals surface area contributed by atoms with Gasteiger partial charge in [0.15, 0.2) is 0 Å². The Bertz CT molecular complexity index is 527. The highest BCUT2D eigenvalue weighted by atomic mass is 16.1. The number of aryl methyl sites for hydroxylation is 1. The van der Waals surface area contributed by atoms with Gasteiger partial charge in [0.2, 0.25) is 11.9 Å². The molecule has 1 aromatic heterocycles. The maximum absolute atomic E-state index is 11.9. The standard InChI is InChI=1S/C16H24N4O/c1-3-17-15(21)13-7-8-20(10-13)16-18-11(2)9-14(19-16)12-5-4-6-12/h9,12-13H,3-8,10H2,1-2H3,(H,17,21)/t13-/m1/s1. The van der Waals surface area contributed by atoms with Crippen LogP contribution in [0.2, 0.25) is 0 Å². The minimum Gasteiger partial charge on any atom is -0.356 e. The fraction of sp³-hybridized carbons (Fsp3) is 0.688. The van der Waals surface area contributed by atoms with Crippen molar-refractivity contribution in [1.29, 1.82) is 0 Å². The molecule has 1 aromatic rings. The fourth-order valence-electron chi connectivity index (χ4n) is 3.11. The molecule has 1 atom stereocenters. The molecule has 5 nitrogen and oxygen atoms in total. The molecular formula is C16H24N4O. The Morgan fingerprint density at radius 3 is 2.86 bits per heavy atom. The fourth-order valence-corrected chi connectivity index (χ4v) is 3.11. The molecular weight excluding hydrogens is 264 g/mol. The Balaban J connectivity index is 1.72. The summed E-state index contributed by atoms with van der Waals surface area (Å²) in [6, 6.07) is 2.12. The van der Waals surface area contributed by atoms with Gasteiger partial charge in [-0.1, -0.05) is 6.42 Å². The molecule has 1 saturated carbocycles. The van der Waals surface area contributed by atoms with Crippen molar-refractivity contribution in [2.75, 3.05) is 24.5 Å². The van der Waals surface area contributed by atoms with Crippen LogP contribution in [0.3, 0.4) is 0 Å². The number of nitrogens with zero attached hydrogens (tertiary/aromatic N) is 3. The molecule has 1 amide bonds. The number of rotatable bonds is 4. The van der Waals surface area contributed by atoms with E-state index in [0.717, 1.165) is 31.2 Å². The summed E-state index contributed by atoms with van der Waals surface area (Å²) in [7, 11) is 0. The quantitative estimate of drug-likeness (QED) is 0.921. The number of amides is 1. The van der Waals surface area contributed by atoms with E-state index >= 15 is 0 Å². The minimum atomic E-state index is 0.0706. The van der Waals surface area contributed by atoms with E-state index in [9.17, 15) is 4.79 Å². The Morgan fingerprint density at radius 1 is 1.38 bits per heavy atom. The number of carbonyl (C=O) groups excluding carboxylic acids is 1. The predicted molar refractivity (Wildman–Crippen MR) is 82.4 cm³/mol. The van der Waals surface area contributed by atoms with Crippen LogP contribution in [-0.4, -0.2) is 35.5 Å². The van der Waals surface area contributed by atoms with Gasteiger partial charge < -0.3 is 10.2 Å². The van der Waals surface area contributed by atoms with E-state index in [-0.39, 0.29) is 11.8 Å². The molecule has 3 rings (SSSR count). The summed E-state index contributed by atoms with van der Waals surface area (Å²) < 4.78 is 0. The zero-order chi connectivity index (χ0) is 14.8. The Morgan fingerprint density at radius 2 is 2.19 bits per heavy atom. The lowest BCUT2D eigenvalue weighted by Crippen LogP contribution is -2.33. The van der Waals surface area contributed by atoms with E-state index < -0.39 is 0 Å². The second-order valence-corrected chi connectivity index (χ2v) is 6.19. The van der Waals surface area contributed by atoms with E-state index in [1.165, 1.54) is 25.0 Å². The molecule has 2 fully saturated rings. The van der Waals surface area contributed by atoms with Crippen LogP contribution in [-0.2, 0) is 4.79 Å². The van der Waals surface area contributed by atoms with Crippen molar-refractivity contribution in [2.24, 2.45) is 5.92 Å². The van der Waals surface area contributed by atoms with Gasteiger partial charge in [-0.05, 0) is 39.2 Å². The first kappa shape index (κ1) is 14.3. The number of anilines is 1. The highest BCUT2D eigenvalue weighted by molar-refractivity contribution is 5.79. The second kappa shape index (κ2) is 6.00. The van der Waals surface area contributed by atoms with Crippen LogP contribution in [0.5, 0.6) is 0 Å². The third-order valence-corrected chi connectivity index (χ3v) is 4.58. The molecule has 0 bridgehead atoms. The van der Waals surface area contributed by atoms with Gasteiger partial charge in [0.1, 0.15) is 0 Å². The summed E-state index contributed by atoms with van der Waals surface area (Å²) in [6.45, 7) is 6.29. The van der Waals surface area contributed by atoms with Crippen molar-refractivity contribution in [2.45, 2.75) is 45.4 Å². The second-order valence-electron chi connectivity index (χ2n) is 6.19. The monoisotopic (exact) mass is 288 g/mol. The van der Waals surface area contributed by atoms with Gasteiger partial charge in [0.05, 0.1) is 5.92 Å². The number of hydrogen-bond acceptors (Lipinski definition) is 4. The average molecular weight is 288 g/mol. The molecule has 21 heavy (non-hydrogen) atoms. The highest BCUT2D eigenvalue weighted by Crippen LogP contribution is 2.36. The van der Waals surface area contributed by atoms with Crippen LogP contribution >= 0.6 is 0 Å². The van der Waals surface area contributed by atoms with Crippen molar-refractivity contribution < 1.29 is 4.79 Å². The highest BCUT2D eigenvalue weighted by Gasteiger charge is 2.30. The van der Waals surface area contributed by atoms with Gasteiger partial charge in [-0.25, -0.2) is 9.97 Å². The summed E-state index contributed by atoms with van der Waals surface area (Å²) in [5, 5.41) is 2.91. The predicted octanol–water partition coefficient (Wildman–Crippen LogP) is 2.01. The molecule has 0 radical (unpaired) electrons.